The molecule has 8 heteroatoms. The van der Waals surface area contributed by atoms with Crippen LogP contribution in [0.5, 0.6) is 0 Å². The van der Waals surface area contributed by atoms with Gasteiger partial charge in [-0.1, -0.05) is 6.58 Å². The molecule has 0 aromatic carbocycles. The normalized spacial score (nSPS) is 21.1. The molecular formula is C13H17F5O3. The summed E-state index contributed by atoms with van der Waals surface area (Å²) < 4.78 is 68.9. The number of alkyl halides is 5. The standard InChI is InChI=1S/C13H17F5O3/c1-8(2)9(19)21-11(5-3-4-6-11)7-12(20,10(14)15)13(16,17)18/h10,20H,1,3-7H2,2H3. The summed E-state index contributed by atoms with van der Waals surface area (Å²) in [5, 5.41) is 9.41. The van der Waals surface area contributed by atoms with Gasteiger partial charge in [-0.2, -0.15) is 13.2 Å². The van der Waals surface area contributed by atoms with E-state index in [1.807, 2.05) is 0 Å². The second-order valence-electron chi connectivity index (χ2n) is 5.46. The van der Waals surface area contributed by atoms with Crippen LogP contribution in [0.3, 0.4) is 0 Å². The SMILES string of the molecule is C=C(C)C(=O)OC1(CC(O)(C(F)F)C(F)(F)F)CCCC1. The van der Waals surface area contributed by atoms with E-state index in [0.29, 0.717) is 12.8 Å². The predicted octanol–water partition coefficient (Wildman–Crippen LogP) is 3.37. The molecule has 1 aliphatic rings. The molecule has 0 bridgehead atoms. The van der Waals surface area contributed by atoms with Crippen LogP contribution in [0.15, 0.2) is 12.2 Å². The van der Waals surface area contributed by atoms with Crippen molar-refractivity contribution in [2.75, 3.05) is 0 Å². The fraction of sp³-hybridized carbons (Fsp3) is 0.769. The first-order valence-corrected chi connectivity index (χ1v) is 6.40. The van der Waals surface area contributed by atoms with Crippen LogP contribution < -0.4 is 0 Å². The molecular weight excluding hydrogens is 299 g/mol. The zero-order valence-corrected chi connectivity index (χ0v) is 11.5. The van der Waals surface area contributed by atoms with Crippen molar-refractivity contribution in [3.05, 3.63) is 12.2 Å². The van der Waals surface area contributed by atoms with E-state index in [4.69, 9.17) is 4.74 Å². The quantitative estimate of drug-likeness (QED) is 0.480. The maximum Gasteiger partial charge on any atom is 0.423 e. The summed E-state index contributed by atoms with van der Waals surface area (Å²) >= 11 is 0. The molecule has 1 aliphatic carbocycles. The Labute approximate surface area is 118 Å². The van der Waals surface area contributed by atoms with Crippen molar-refractivity contribution in [3.8, 4) is 0 Å². The lowest BCUT2D eigenvalue weighted by Gasteiger charge is -2.38. The van der Waals surface area contributed by atoms with Crippen molar-refractivity contribution in [2.45, 2.75) is 62.8 Å². The zero-order chi connectivity index (χ0) is 16.5. The fourth-order valence-corrected chi connectivity index (χ4v) is 2.41. The van der Waals surface area contributed by atoms with Crippen molar-refractivity contribution in [1.82, 2.24) is 0 Å². The van der Waals surface area contributed by atoms with Gasteiger partial charge in [0.2, 0.25) is 5.60 Å². The molecule has 3 nitrogen and oxygen atoms in total. The third-order valence-corrected chi connectivity index (χ3v) is 3.62. The van der Waals surface area contributed by atoms with Crippen LogP contribution >= 0.6 is 0 Å². The van der Waals surface area contributed by atoms with Gasteiger partial charge in [0.25, 0.3) is 6.43 Å². The zero-order valence-electron chi connectivity index (χ0n) is 11.5. The van der Waals surface area contributed by atoms with Crippen molar-refractivity contribution in [1.29, 1.82) is 0 Å². The summed E-state index contributed by atoms with van der Waals surface area (Å²) in [7, 11) is 0. The van der Waals surface area contributed by atoms with Crippen molar-refractivity contribution in [3.63, 3.8) is 0 Å². The monoisotopic (exact) mass is 316 g/mol. The second kappa shape index (κ2) is 5.90. The topological polar surface area (TPSA) is 46.5 Å². The number of hydrogen-bond donors (Lipinski definition) is 1. The molecule has 0 aromatic rings. The van der Waals surface area contributed by atoms with Crippen LogP contribution in [-0.2, 0) is 9.53 Å². The Morgan fingerprint density at radius 1 is 1.33 bits per heavy atom. The van der Waals surface area contributed by atoms with Gasteiger partial charge in [0.1, 0.15) is 5.60 Å². The van der Waals surface area contributed by atoms with Crippen LogP contribution in [0.4, 0.5) is 22.0 Å². The minimum absolute atomic E-state index is 0.00285. The number of carbonyl (C=O) groups excluding carboxylic acids is 1. The molecule has 21 heavy (non-hydrogen) atoms. The van der Waals surface area contributed by atoms with E-state index >= 15 is 0 Å². The number of halogens is 5. The molecule has 1 rings (SSSR count). The molecule has 0 spiro atoms. The van der Waals surface area contributed by atoms with Gasteiger partial charge in [-0.25, -0.2) is 13.6 Å². The highest BCUT2D eigenvalue weighted by atomic mass is 19.4. The molecule has 0 amide bonds. The average molecular weight is 316 g/mol. The number of hydrogen-bond acceptors (Lipinski definition) is 3. The lowest BCUT2D eigenvalue weighted by Crippen LogP contribution is -2.56. The Kier molecular flexibility index (Phi) is 5.02. The first-order valence-electron chi connectivity index (χ1n) is 6.40. The Morgan fingerprint density at radius 2 is 1.81 bits per heavy atom. The lowest BCUT2D eigenvalue weighted by atomic mass is 9.85. The van der Waals surface area contributed by atoms with Crippen LogP contribution in [0.1, 0.15) is 39.0 Å². The van der Waals surface area contributed by atoms with E-state index in [2.05, 4.69) is 6.58 Å². The van der Waals surface area contributed by atoms with Gasteiger partial charge >= 0.3 is 12.1 Å². The van der Waals surface area contributed by atoms with Crippen molar-refractivity contribution in [2.24, 2.45) is 0 Å². The van der Waals surface area contributed by atoms with E-state index < -0.39 is 36.2 Å². The first kappa shape index (κ1) is 17.9. The second-order valence-corrected chi connectivity index (χ2v) is 5.46. The summed E-state index contributed by atoms with van der Waals surface area (Å²) in [4.78, 5) is 11.5. The summed E-state index contributed by atoms with van der Waals surface area (Å²) in [6.45, 7) is 4.60. The van der Waals surface area contributed by atoms with Gasteiger partial charge in [-0.3, -0.25) is 0 Å². The summed E-state index contributed by atoms with van der Waals surface area (Å²) in [5.74, 6) is -0.948. The molecule has 1 atom stereocenters. The molecule has 0 aromatic heterocycles. The van der Waals surface area contributed by atoms with Gasteiger partial charge in [0.05, 0.1) is 0 Å². The Bertz CT molecular complexity index is 413. The van der Waals surface area contributed by atoms with Gasteiger partial charge in [0.15, 0.2) is 0 Å². The molecule has 0 saturated heterocycles. The minimum Gasteiger partial charge on any atom is -0.456 e. The van der Waals surface area contributed by atoms with Crippen LogP contribution in [0, 0.1) is 0 Å². The fourth-order valence-electron chi connectivity index (χ4n) is 2.41. The number of ether oxygens (including phenoxy) is 1. The third-order valence-electron chi connectivity index (χ3n) is 3.62. The maximum atomic E-state index is 12.8. The van der Waals surface area contributed by atoms with E-state index in [1.165, 1.54) is 6.92 Å². The lowest BCUT2D eigenvalue weighted by molar-refractivity contribution is -0.312. The van der Waals surface area contributed by atoms with E-state index in [1.54, 1.807) is 0 Å². The van der Waals surface area contributed by atoms with Crippen LogP contribution in [0.2, 0.25) is 0 Å². The molecule has 0 heterocycles. The number of aliphatic hydroxyl groups is 1. The highest BCUT2D eigenvalue weighted by Gasteiger charge is 2.64. The van der Waals surface area contributed by atoms with Crippen LogP contribution in [0.25, 0.3) is 0 Å². The summed E-state index contributed by atoms with van der Waals surface area (Å²) in [5.41, 5.74) is -5.99. The molecule has 0 aliphatic heterocycles. The van der Waals surface area contributed by atoms with Gasteiger partial charge in [0, 0.05) is 12.0 Å². The minimum atomic E-state index is -5.52. The smallest absolute Gasteiger partial charge is 0.423 e. The first-order chi connectivity index (χ1) is 9.43. The molecule has 1 fully saturated rings. The van der Waals surface area contributed by atoms with E-state index in [-0.39, 0.29) is 18.4 Å². The number of rotatable bonds is 5. The number of esters is 1. The molecule has 1 unspecified atom stereocenters. The Balaban J connectivity index is 3.06. The molecule has 0 radical (unpaired) electrons. The van der Waals surface area contributed by atoms with Gasteiger partial charge in [-0.05, 0) is 32.6 Å². The molecule has 1 saturated carbocycles. The predicted molar refractivity (Wildman–Crippen MR) is 63.7 cm³/mol. The highest BCUT2D eigenvalue weighted by Crippen LogP contribution is 2.47. The Morgan fingerprint density at radius 3 is 2.14 bits per heavy atom. The van der Waals surface area contributed by atoms with Crippen LogP contribution in [-0.4, -0.2) is 34.9 Å². The maximum absolute atomic E-state index is 12.8. The van der Waals surface area contributed by atoms with E-state index in [9.17, 15) is 31.9 Å². The highest BCUT2D eigenvalue weighted by molar-refractivity contribution is 5.87. The molecule has 122 valence electrons. The third kappa shape index (κ3) is 3.72. The largest absolute Gasteiger partial charge is 0.456 e. The Hall–Kier alpha value is -1.18. The summed E-state index contributed by atoms with van der Waals surface area (Å²) in [6, 6.07) is 0. The average Bonchev–Trinajstić information content (AvgIpc) is 2.75. The summed E-state index contributed by atoms with van der Waals surface area (Å²) in [6.07, 6.45) is -10.1. The van der Waals surface area contributed by atoms with Gasteiger partial charge < -0.3 is 9.84 Å². The van der Waals surface area contributed by atoms with Gasteiger partial charge in [-0.15, -0.1) is 0 Å². The molecule has 1 N–H and O–H groups in total. The van der Waals surface area contributed by atoms with Crippen molar-refractivity contribution >= 4 is 5.97 Å². The number of carbonyl (C=O) groups is 1. The van der Waals surface area contributed by atoms with Crippen molar-refractivity contribution < 1.29 is 36.6 Å². The van der Waals surface area contributed by atoms with E-state index in [0.717, 1.165) is 0 Å².